The Morgan fingerprint density at radius 2 is 2.00 bits per heavy atom. The highest BCUT2D eigenvalue weighted by molar-refractivity contribution is 6.00. The molecular weight excluding hydrogens is 399 g/mol. The van der Waals surface area contributed by atoms with E-state index in [2.05, 4.69) is 20.1 Å². The molecule has 11 nitrogen and oxygen atoms in total. The molecule has 0 bridgehead atoms. The highest BCUT2D eigenvalue weighted by Gasteiger charge is 2.34. The molecule has 0 aliphatic carbocycles. The van der Waals surface area contributed by atoms with E-state index in [1.165, 1.54) is 7.11 Å². The average molecular weight is 415 g/mol. The fourth-order valence-electron chi connectivity index (χ4n) is 2.96. The number of nitrogen functional groups attached to an aromatic ring is 1. The van der Waals surface area contributed by atoms with Crippen LogP contribution in [0.1, 0.15) is 11.3 Å². The number of hydrogen-bond donors (Lipinski definition) is 1. The zero-order valence-corrected chi connectivity index (χ0v) is 15.1. The van der Waals surface area contributed by atoms with Crippen molar-refractivity contribution < 1.29 is 27.6 Å². The van der Waals surface area contributed by atoms with Gasteiger partial charge < -0.3 is 20.4 Å². The predicted molar refractivity (Wildman–Crippen MR) is 94.1 cm³/mol. The number of benzene rings is 1. The second-order valence-electron chi connectivity index (χ2n) is 6.03. The maximum absolute atomic E-state index is 12.9. The van der Waals surface area contributed by atoms with E-state index in [0.717, 1.165) is 12.1 Å². The third kappa shape index (κ3) is 4.14. The molecule has 0 unspecified atom stereocenters. The Labute approximate surface area is 161 Å². The van der Waals surface area contributed by atoms with Crippen LogP contribution in [0.25, 0.3) is 0 Å². The van der Waals surface area contributed by atoms with Gasteiger partial charge in [0.25, 0.3) is 5.69 Å². The molecule has 1 aromatic carbocycles. The van der Waals surface area contributed by atoms with Crippen molar-refractivity contribution in [1.82, 2.24) is 15.2 Å². The second-order valence-corrected chi connectivity index (χ2v) is 6.03. The summed E-state index contributed by atoms with van der Waals surface area (Å²) >= 11 is 0. The Bertz CT molecular complexity index is 923. The van der Waals surface area contributed by atoms with E-state index in [1.54, 1.807) is 9.80 Å². The van der Waals surface area contributed by atoms with Gasteiger partial charge in [0.1, 0.15) is 12.8 Å². The van der Waals surface area contributed by atoms with Crippen LogP contribution in [-0.4, -0.2) is 59.3 Å². The second kappa shape index (κ2) is 7.81. The molecule has 14 heteroatoms. The number of alkyl halides is 3. The Hall–Kier alpha value is -3.58. The van der Waals surface area contributed by atoms with Gasteiger partial charge in [-0.15, -0.1) is 0 Å². The Kier molecular flexibility index (Phi) is 5.43. The number of halogens is 3. The van der Waals surface area contributed by atoms with Crippen LogP contribution in [0, 0.1) is 10.1 Å². The number of nitro benzene ring substituents is 1. The first-order valence-electron chi connectivity index (χ1n) is 8.27. The highest BCUT2D eigenvalue weighted by Crippen LogP contribution is 2.36. The summed E-state index contributed by atoms with van der Waals surface area (Å²) in [5, 5.41) is 22.4. The van der Waals surface area contributed by atoms with Crippen LogP contribution in [0.5, 0.6) is 0 Å². The summed E-state index contributed by atoms with van der Waals surface area (Å²) in [6.45, 7) is 1.21. The fraction of sp³-hybridized carbons (Fsp3) is 0.400. The van der Waals surface area contributed by atoms with Gasteiger partial charge in [0.2, 0.25) is 5.84 Å². The molecule has 1 saturated heterocycles. The first kappa shape index (κ1) is 20.2. The van der Waals surface area contributed by atoms with Crippen LogP contribution < -0.4 is 10.6 Å². The van der Waals surface area contributed by atoms with Gasteiger partial charge in [-0.25, -0.2) is 4.63 Å². The Morgan fingerprint density at radius 3 is 2.52 bits per heavy atom. The first-order valence-corrected chi connectivity index (χ1v) is 8.27. The van der Waals surface area contributed by atoms with Gasteiger partial charge in [-0.05, 0) is 22.4 Å². The summed E-state index contributed by atoms with van der Waals surface area (Å²) in [6.07, 6.45) is -4.67. The Morgan fingerprint density at radius 1 is 1.31 bits per heavy atom. The van der Waals surface area contributed by atoms with E-state index < -0.39 is 22.4 Å². The first-order chi connectivity index (χ1) is 13.7. The maximum Gasteiger partial charge on any atom is 0.416 e. The molecule has 156 valence electrons. The van der Waals surface area contributed by atoms with Gasteiger partial charge in [-0.1, -0.05) is 5.16 Å². The molecule has 3 rings (SSSR count). The third-order valence-electron chi connectivity index (χ3n) is 4.32. The monoisotopic (exact) mass is 415 g/mol. The van der Waals surface area contributed by atoms with Crippen LogP contribution >= 0.6 is 0 Å². The number of nitro groups is 1. The van der Waals surface area contributed by atoms with Crippen molar-refractivity contribution in [1.29, 1.82) is 0 Å². The van der Waals surface area contributed by atoms with E-state index in [9.17, 15) is 23.3 Å². The maximum atomic E-state index is 12.9. The number of nitrogens with zero attached hydrogens (tertiary/aromatic N) is 6. The minimum atomic E-state index is -4.67. The number of nitrogens with two attached hydrogens (primary N) is 1. The van der Waals surface area contributed by atoms with E-state index in [-0.39, 0.29) is 36.1 Å². The highest BCUT2D eigenvalue weighted by atomic mass is 19.4. The van der Waals surface area contributed by atoms with Gasteiger partial charge in [0.05, 0.1) is 10.5 Å². The number of anilines is 2. The Balaban J connectivity index is 1.81. The van der Waals surface area contributed by atoms with Crippen molar-refractivity contribution in [2.45, 2.75) is 6.18 Å². The van der Waals surface area contributed by atoms with Crippen molar-refractivity contribution >= 4 is 23.0 Å². The van der Waals surface area contributed by atoms with Gasteiger partial charge in [-0.3, -0.25) is 10.1 Å². The largest absolute Gasteiger partial charge is 0.416 e. The van der Waals surface area contributed by atoms with Crippen LogP contribution in [0.4, 0.5) is 30.4 Å². The average Bonchev–Trinajstić information content (AvgIpc) is 3.10. The van der Waals surface area contributed by atoms with Gasteiger partial charge in [0.15, 0.2) is 11.5 Å². The molecule has 2 aromatic rings. The van der Waals surface area contributed by atoms with Gasteiger partial charge in [-0.2, -0.15) is 13.2 Å². The third-order valence-corrected chi connectivity index (χ3v) is 4.32. The molecule has 1 aliphatic rings. The predicted octanol–water partition coefficient (Wildman–Crippen LogP) is 1.71. The number of rotatable bonds is 4. The van der Waals surface area contributed by atoms with Crippen LogP contribution in [0.3, 0.4) is 0 Å². The van der Waals surface area contributed by atoms with E-state index in [0.29, 0.717) is 19.2 Å². The van der Waals surface area contributed by atoms with E-state index in [1.807, 2.05) is 0 Å². The van der Waals surface area contributed by atoms with E-state index >= 15 is 0 Å². The summed E-state index contributed by atoms with van der Waals surface area (Å²) in [5.74, 6) is 0.287. The normalized spacial score (nSPS) is 15.5. The summed E-state index contributed by atoms with van der Waals surface area (Å²) < 4.78 is 43.2. The van der Waals surface area contributed by atoms with Gasteiger partial charge >= 0.3 is 6.18 Å². The zero-order valence-electron chi connectivity index (χ0n) is 15.1. The number of oxime groups is 1. The molecule has 0 atom stereocenters. The topological polar surface area (TPSA) is 136 Å². The standard InChI is InChI=1S/C15H16F3N7O4/c1-28-22-14(12-13(19)21-29-20-12)24-6-4-23(5-7-24)10-3-2-9(15(16,17)18)8-11(10)25(26)27/h2-3,8H,4-7H2,1H3,(H2,19,21)/b22-14-. The van der Waals surface area contributed by atoms with Crippen LogP contribution in [0.15, 0.2) is 28.0 Å². The summed E-state index contributed by atoms with van der Waals surface area (Å²) in [6, 6.07) is 2.48. The molecule has 1 aliphatic heterocycles. The van der Waals surface area contributed by atoms with Gasteiger partial charge in [0, 0.05) is 32.2 Å². The molecule has 29 heavy (non-hydrogen) atoms. The van der Waals surface area contributed by atoms with Crippen LogP contribution in [-0.2, 0) is 11.0 Å². The number of aromatic nitrogens is 2. The fourth-order valence-corrected chi connectivity index (χ4v) is 2.96. The molecule has 0 amide bonds. The van der Waals surface area contributed by atoms with E-state index in [4.69, 9.17) is 10.6 Å². The summed E-state index contributed by atoms with van der Waals surface area (Å²) in [7, 11) is 1.34. The SMILES string of the molecule is CO/N=C(/c1nonc1N)N1CCN(c2ccc(C(F)(F)F)cc2[N+](=O)[O-])CC1. The number of hydrogen-bond acceptors (Lipinski definition) is 9. The number of amidine groups is 1. The minimum Gasteiger partial charge on any atom is -0.397 e. The molecule has 1 fully saturated rings. The van der Waals surface area contributed by atoms with Crippen molar-refractivity contribution in [2.24, 2.45) is 5.16 Å². The molecule has 1 aromatic heterocycles. The van der Waals surface area contributed by atoms with Crippen molar-refractivity contribution in [3.8, 4) is 0 Å². The van der Waals surface area contributed by atoms with Crippen molar-refractivity contribution in [3.05, 3.63) is 39.6 Å². The summed E-state index contributed by atoms with van der Waals surface area (Å²) in [4.78, 5) is 18.7. The van der Waals surface area contributed by atoms with Crippen molar-refractivity contribution in [3.63, 3.8) is 0 Å². The number of piperazine rings is 1. The molecule has 2 N–H and O–H groups in total. The molecule has 0 spiro atoms. The minimum absolute atomic E-state index is 0.0154. The molecule has 0 radical (unpaired) electrons. The quantitative estimate of drug-likeness (QED) is 0.342. The lowest BCUT2D eigenvalue weighted by Gasteiger charge is -2.36. The summed E-state index contributed by atoms with van der Waals surface area (Å²) in [5.41, 5.74) is 4.30. The molecular formula is C15H16F3N7O4. The van der Waals surface area contributed by atoms with Crippen molar-refractivity contribution in [2.75, 3.05) is 43.9 Å². The smallest absolute Gasteiger partial charge is 0.397 e. The lowest BCUT2D eigenvalue weighted by atomic mass is 10.1. The lowest BCUT2D eigenvalue weighted by Crippen LogP contribution is -2.49. The van der Waals surface area contributed by atoms with Crippen LogP contribution in [0.2, 0.25) is 0 Å². The lowest BCUT2D eigenvalue weighted by molar-refractivity contribution is -0.384. The molecule has 0 saturated carbocycles. The molecule has 2 heterocycles. The zero-order chi connectivity index (χ0) is 21.2.